The summed E-state index contributed by atoms with van der Waals surface area (Å²) >= 11 is 0. The van der Waals surface area contributed by atoms with Crippen molar-refractivity contribution in [2.24, 2.45) is 0 Å². The van der Waals surface area contributed by atoms with Crippen LogP contribution in [-0.2, 0) is 13.1 Å². The van der Waals surface area contributed by atoms with Crippen molar-refractivity contribution in [2.75, 3.05) is 19.1 Å². The van der Waals surface area contributed by atoms with Crippen molar-refractivity contribution in [2.45, 2.75) is 13.1 Å². The SMILES string of the molecule is COc1ccc(CN(Cc2ccc(OC)cc2)c2ccccn2)cc1. The van der Waals surface area contributed by atoms with Crippen LogP contribution < -0.4 is 14.4 Å². The van der Waals surface area contributed by atoms with Gasteiger partial charge in [0.15, 0.2) is 0 Å². The summed E-state index contributed by atoms with van der Waals surface area (Å²) in [6, 6.07) is 22.3. The maximum absolute atomic E-state index is 5.24. The highest BCUT2D eigenvalue weighted by atomic mass is 16.5. The first-order chi connectivity index (χ1) is 12.3. The fraction of sp³-hybridized carbons (Fsp3) is 0.190. The summed E-state index contributed by atoms with van der Waals surface area (Å²) in [5.41, 5.74) is 2.42. The molecule has 0 unspecified atom stereocenters. The van der Waals surface area contributed by atoms with Crippen LogP contribution >= 0.6 is 0 Å². The Kier molecular flexibility index (Phi) is 5.52. The summed E-state index contributed by atoms with van der Waals surface area (Å²) in [4.78, 5) is 6.77. The standard InChI is InChI=1S/C21H22N2O2/c1-24-19-10-6-17(7-11-19)15-23(21-5-3-4-14-22-21)16-18-8-12-20(25-2)13-9-18/h3-14H,15-16H2,1-2H3. The number of pyridine rings is 1. The van der Waals surface area contributed by atoms with Crippen LogP contribution in [0.15, 0.2) is 72.9 Å². The minimum atomic E-state index is 0.771. The van der Waals surface area contributed by atoms with Gasteiger partial charge in [0, 0.05) is 19.3 Å². The molecule has 0 N–H and O–H groups in total. The van der Waals surface area contributed by atoms with E-state index in [1.807, 2.05) is 48.7 Å². The third kappa shape index (κ3) is 4.51. The molecular formula is C21H22N2O2. The minimum Gasteiger partial charge on any atom is -0.497 e. The van der Waals surface area contributed by atoms with E-state index in [9.17, 15) is 0 Å². The number of methoxy groups -OCH3 is 2. The van der Waals surface area contributed by atoms with E-state index in [1.54, 1.807) is 14.2 Å². The Hall–Kier alpha value is -3.01. The number of anilines is 1. The number of hydrogen-bond donors (Lipinski definition) is 0. The van der Waals surface area contributed by atoms with E-state index in [4.69, 9.17) is 9.47 Å². The first-order valence-corrected chi connectivity index (χ1v) is 8.20. The van der Waals surface area contributed by atoms with Crippen molar-refractivity contribution >= 4 is 5.82 Å². The highest BCUT2D eigenvalue weighted by molar-refractivity contribution is 5.41. The average Bonchev–Trinajstić information content (AvgIpc) is 2.69. The van der Waals surface area contributed by atoms with E-state index in [0.717, 1.165) is 30.4 Å². The molecule has 4 nitrogen and oxygen atoms in total. The molecule has 25 heavy (non-hydrogen) atoms. The molecule has 0 bridgehead atoms. The van der Waals surface area contributed by atoms with E-state index in [2.05, 4.69) is 34.1 Å². The maximum atomic E-state index is 5.24. The van der Waals surface area contributed by atoms with Crippen LogP contribution in [0.4, 0.5) is 5.82 Å². The molecule has 0 radical (unpaired) electrons. The molecule has 0 saturated carbocycles. The zero-order chi connectivity index (χ0) is 17.5. The van der Waals surface area contributed by atoms with Crippen molar-refractivity contribution in [3.63, 3.8) is 0 Å². The molecule has 128 valence electrons. The van der Waals surface area contributed by atoms with Crippen molar-refractivity contribution < 1.29 is 9.47 Å². The zero-order valence-electron chi connectivity index (χ0n) is 14.6. The second kappa shape index (κ2) is 8.20. The van der Waals surface area contributed by atoms with Gasteiger partial charge in [-0.3, -0.25) is 0 Å². The molecule has 1 aromatic heterocycles. The molecule has 0 aliphatic rings. The summed E-state index contributed by atoms with van der Waals surface area (Å²) in [6.45, 7) is 1.54. The number of hydrogen-bond acceptors (Lipinski definition) is 4. The van der Waals surface area contributed by atoms with Gasteiger partial charge in [-0.2, -0.15) is 0 Å². The van der Waals surface area contributed by atoms with Crippen LogP contribution in [0.25, 0.3) is 0 Å². The summed E-state index contributed by atoms with van der Waals surface area (Å²) in [5, 5.41) is 0. The van der Waals surface area contributed by atoms with E-state index >= 15 is 0 Å². The van der Waals surface area contributed by atoms with Gasteiger partial charge in [-0.15, -0.1) is 0 Å². The van der Waals surface area contributed by atoms with Gasteiger partial charge in [0.2, 0.25) is 0 Å². The van der Waals surface area contributed by atoms with Gasteiger partial charge in [0.1, 0.15) is 17.3 Å². The van der Waals surface area contributed by atoms with Crippen molar-refractivity contribution in [3.8, 4) is 11.5 Å². The predicted molar refractivity (Wildman–Crippen MR) is 100 cm³/mol. The summed E-state index contributed by atoms with van der Waals surface area (Å²) in [6.07, 6.45) is 1.82. The highest BCUT2D eigenvalue weighted by Crippen LogP contribution is 2.20. The predicted octanol–water partition coefficient (Wildman–Crippen LogP) is 4.31. The zero-order valence-corrected chi connectivity index (χ0v) is 14.6. The third-order valence-corrected chi connectivity index (χ3v) is 4.04. The largest absolute Gasteiger partial charge is 0.497 e. The molecule has 0 spiro atoms. The van der Waals surface area contributed by atoms with Gasteiger partial charge in [0.25, 0.3) is 0 Å². The Morgan fingerprint density at radius 1 is 0.720 bits per heavy atom. The first-order valence-electron chi connectivity index (χ1n) is 8.20. The van der Waals surface area contributed by atoms with Crippen molar-refractivity contribution in [1.29, 1.82) is 0 Å². The van der Waals surface area contributed by atoms with E-state index in [1.165, 1.54) is 11.1 Å². The molecule has 0 saturated heterocycles. The molecule has 0 fully saturated rings. The number of rotatable bonds is 7. The van der Waals surface area contributed by atoms with E-state index in [-0.39, 0.29) is 0 Å². The van der Waals surface area contributed by atoms with Crippen LogP contribution in [0.3, 0.4) is 0 Å². The molecule has 0 aliphatic carbocycles. The second-order valence-electron chi connectivity index (χ2n) is 5.74. The topological polar surface area (TPSA) is 34.6 Å². The van der Waals surface area contributed by atoms with E-state index < -0.39 is 0 Å². The molecule has 4 heteroatoms. The third-order valence-electron chi connectivity index (χ3n) is 4.04. The Morgan fingerprint density at radius 3 is 1.64 bits per heavy atom. The van der Waals surface area contributed by atoms with Gasteiger partial charge in [-0.05, 0) is 47.5 Å². The van der Waals surface area contributed by atoms with Crippen LogP contribution in [0.2, 0.25) is 0 Å². The second-order valence-corrected chi connectivity index (χ2v) is 5.74. The fourth-order valence-electron chi connectivity index (χ4n) is 2.66. The first kappa shape index (κ1) is 16.8. The van der Waals surface area contributed by atoms with E-state index in [0.29, 0.717) is 0 Å². The van der Waals surface area contributed by atoms with Crippen molar-refractivity contribution in [3.05, 3.63) is 84.1 Å². The van der Waals surface area contributed by atoms with Gasteiger partial charge >= 0.3 is 0 Å². The van der Waals surface area contributed by atoms with Gasteiger partial charge in [-0.1, -0.05) is 30.3 Å². The molecule has 0 amide bonds. The van der Waals surface area contributed by atoms with Crippen LogP contribution in [0.5, 0.6) is 11.5 Å². The molecular weight excluding hydrogens is 312 g/mol. The lowest BCUT2D eigenvalue weighted by molar-refractivity contribution is 0.414. The van der Waals surface area contributed by atoms with Gasteiger partial charge in [0.05, 0.1) is 14.2 Å². The number of nitrogens with zero attached hydrogens (tertiary/aromatic N) is 2. The van der Waals surface area contributed by atoms with Gasteiger partial charge < -0.3 is 14.4 Å². The average molecular weight is 334 g/mol. The lowest BCUT2D eigenvalue weighted by Crippen LogP contribution is -2.23. The fourth-order valence-corrected chi connectivity index (χ4v) is 2.66. The Balaban J connectivity index is 1.81. The maximum Gasteiger partial charge on any atom is 0.129 e. The molecule has 1 heterocycles. The molecule has 2 aromatic carbocycles. The lowest BCUT2D eigenvalue weighted by atomic mass is 10.1. The Labute approximate surface area is 148 Å². The van der Waals surface area contributed by atoms with Crippen molar-refractivity contribution in [1.82, 2.24) is 4.98 Å². The number of aromatic nitrogens is 1. The number of ether oxygens (including phenoxy) is 2. The quantitative estimate of drug-likeness (QED) is 0.645. The van der Waals surface area contributed by atoms with Gasteiger partial charge in [-0.25, -0.2) is 4.98 Å². The number of benzene rings is 2. The Morgan fingerprint density at radius 2 is 1.24 bits per heavy atom. The Bertz CT molecular complexity index is 722. The van der Waals surface area contributed by atoms with Crippen LogP contribution in [-0.4, -0.2) is 19.2 Å². The monoisotopic (exact) mass is 334 g/mol. The molecule has 0 aliphatic heterocycles. The lowest BCUT2D eigenvalue weighted by Gasteiger charge is -2.24. The molecule has 3 aromatic rings. The summed E-state index contributed by atoms with van der Waals surface area (Å²) < 4.78 is 10.5. The minimum absolute atomic E-state index is 0.771. The molecule has 0 atom stereocenters. The summed E-state index contributed by atoms with van der Waals surface area (Å²) in [5.74, 6) is 2.68. The van der Waals surface area contributed by atoms with Crippen LogP contribution in [0.1, 0.15) is 11.1 Å². The van der Waals surface area contributed by atoms with Crippen LogP contribution in [0, 0.1) is 0 Å². The smallest absolute Gasteiger partial charge is 0.129 e. The molecule has 3 rings (SSSR count). The normalized spacial score (nSPS) is 10.3. The highest BCUT2D eigenvalue weighted by Gasteiger charge is 2.10. The summed E-state index contributed by atoms with van der Waals surface area (Å²) in [7, 11) is 3.36.